The van der Waals surface area contributed by atoms with Crippen molar-refractivity contribution in [3.63, 3.8) is 0 Å². The Balaban J connectivity index is 1.41. The Morgan fingerprint density at radius 1 is 1.23 bits per heavy atom. The van der Waals surface area contributed by atoms with Crippen LogP contribution < -0.4 is 4.90 Å². The minimum absolute atomic E-state index is 0.180. The monoisotopic (exact) mass is 534 g/mol. The maximum atomic E-state index is 14.0. The van der Waals surface area contributed by atoms with Gasteiger partial charge in [-0.2, -0.15) is 4.31 Å². The highest BCUT2D eigenvalue weighted by molar-refractivity contribution is 7.91. The summed E-state index contributed by atoms with van der Waals surface area (Å²) in [5.74, 6) is -0.180. The number of hydrogen-bond acceptors (Lipinski definition) is 8. The lowest BCUT2D eigenvalue weighted by Gasteiger charge is -2.30. The average molecular weight is 535 g/mol. The van der Waals surface area contributed by atoms with Gasteiger partial charge in [-0.15, -0.1) is 11.3 Å². The van der Waals surface area contributed by atoms with E-state index in [9.17, 15) is 13.2 Å². The lowest BCUT2D eigenvalue weighted by molar-refractivity contribution is -0.121. The number of thiazole rings is 1. The number of rotatable bonds is 8. The highest BCUT2D eigenvalue weighted by Gasteiger charge is 2.42. The zero-order valence-corrected chi connectivity index (χ0v) is 22.2. The topological polar surface area (TPSA) is 83.1 Å². The standard InChI is InChI=1S/C24H30N4O4S3/c1-18-7-8-19-21(17-18)34-24(25-19)27(10-4-9-26-12-14-32-15-13-26)23(29)20-5-2-11-28(20)35(30,31)22-6-3-16-33-22/h3,6-8,16-17,20H,2,4-5,9-15H2,1H3. The SMILES string of the molecule is Cc1ccc2nc(N(CCCN3CCOCC3)C(=O)C3CCCN3S(=O)(=O)c3cccs3)sc2c1. The molecule has 11 heteroatoms. The molecular formula is C24H30N4O4S3. The van der Waals surface area contributed by atoms with Gasteiger partial charge >= 0.3 is 0 Å². The van der Waals surface area contributed by atoms with Gasteiger partial charge in [-0.1, -0.05) is 23.5 Å². The molecule has 0 bridgehead atoms. The highest BCUT2D eigenvalue weighted by atomic mass is 32.2. The molecule has 0 radical (unpaired) electrons. The van der Waals surface area contributed by atoms with Crippen molar-refractivity contribution in [2.75, 3.05) is 50.8 Å². The number of sulfonamides is 1. The van der Waals surface area contributed by atoms with Crippen LogP contribution in [0, 0.1) is 6.92 Å². The average Bonchev–Trinajstić information content (AvgIpc) is 3.62. The van der Waals surface area contributed by atoms with E-state index in [1.807, 2.05) is 19.1 Å². The van der Waals surface area contributed by atoms with Crippen molar-refractivity contribution >= 4 is 54.0 Å². The lowest BCUT2D eigenvalue weighted by Crippen LogP contribution is -2.48. The summed E-state index contributed by atoms with van der Waals surface area (Å²) in [5, 5.41) is 2.39. The van der Waals surface area contributed by atoms with Gasteiger partial charge in [0.15, 0.2) is 5.13 Å². The molecule has 0 N–H and O–H groups in total. The van der Waals surface area contributed by atoms with E-state index in [1.54, 1.807) is 22.4 Å². The van der Waals surface area contributed by atoms with Crippen molar-refractivity contribution in [3.8, 4) is 0 Å². The van der Waals surface area contributed by atoms with Crippen LogP contribution in [0.4, 0.5) is 5.13 Å². The van der Waals surface area contributed by atoms with Gasteiger partial charge in [-0.3, -0.25) is 14.6 Å². The molecule has 3 aromatic rings. The first-order chi connectivity index (χ1) is 16.9. The van der Waals surface area contributed by atoms with Crippen molar-refractivity contribution in [2.24, 2.45) is 0 Å². The van der Waals surface area contributed by atoms with E-state index >= 15 is 0 Å². The van der Waals surface area contributed by atoms with Gasteiger partial charge in [0.2, 0.25) is 5.91 Å². The molecule has 2 aromatic heterocycles. The minimum atomic E-state index is -3.71. The fraction of sp³-hybridized carbons (Fsp3) is 0.500. The van der Waals surface area contributed by atoms with Crippen LogP contribution in [0.15, 0.2) is 39.9 Å². The third-order valence-electron chi connectivity index (χ3n) is 6.54. The Labute approximate surface area is 214 Å². The number of ether oxygens (including phenoxy) is 1. The molecule has 188 valence electrons. The van der Waals surface area contributed by atoms with E-state index in [1.165, 1.54) is 27.0 Å². The number of aromatic nitrogens is 1. The number of carbonyl (C=O) groups is 1. The van der Waals surface area contributed by atoms with Gasteiger partial charge in [0.25, 0.3) is 10.0 Å². The maximum Gasteiger partial charge on any atom is 0.253 e. The first-order valence-electron chi connectivity index (χ1n) is 12.0. The number of aryl methyl sites for hydroxylation is 1. The molecule has 2 fully saturated rings. The van der Waals surface area contributed by atoms with E-state index < -0.39 is 16.1 Å². The Kier molecular flexibility index (Phi) is 7.52. The number of fused-ring (bicyclic) bond motifs is 1. The van der Waals surface area contributed by atoms with Crippen molar-refractivity contribution in [2.45, 2.75) is 36.4 Å². The molecule has 2 aliphatic heterocycles. The van der Waals surface area contributed by atoms with Crippen LogP contribution in [0.5, 0.6) is 0 Å². The van der Waals surface area contributed by atoms with E-state index in [-0.39, 0.29) is 10.1 Å². The van der Waals surface area contributed by atoms with Crippen molar-refractivity contribution in [1.29, 1.82) is 0 Å². The molecule has 35 heavy (non-hydrogen) atoms. The van der Waals surface area contributed by atoms with E-state index in [2.05, 4.69) is 11.0 Å². The third kappa shape index (κ3) is 5.30. The minimum Gasteiger partial charge on any atom is -0.379 e. The second-order valence-corrected chi connectivity index (χ2v) is 13.0. The first-order valence-corrected chi connectivity index (χ1v) is 15.1. The molecule has 0 aliphatic carbocycles. The van der Waals surface area contributed by atoms with Crippen molar-refractivity contribution < 1.29 is 17.9 Å². The number of amides is 1. The first kappa shape index (κ1) is 24.8. The van der Waals surface area contributed by atoms with Crippen LogP contribution in [-0.4, -0.2) is 80.5 Å². The zero-order chi connectivity index (χ0) is 24.4. The zero-order valence-electron chi connectivity index (χ0n) is 19.8. The number of carbonyl (C=O) groups excluding carboxylic acids is 1. The number of hydrogen-bond donors (Lipinski definition) is 0. The van der Waals surface area contributed by atoms with Crippen molar-refractivity contribution in [1.82, 2.24) is 14.2 Å². The molecule has 1 unspecified atom stereocenters. The van der Waals surface area contributed by atoms with Crippen LogP contribution in [0.25, 0.3) is 10.2 Å². The summed E-state index contributed by atoms with van der Waals surface area (Å²) in [6.07, 6.45) is 1.97. The van der Waals surface area contributed by atoms with Gasteiger partial charge in [-0.25, -0.2) is 13.4 Å². The van der Waals surface area contributed by atoms with Crippen molar-refractivity contribution in [3.05, 3.63) is 41.3 Å². The Bertz CT molecular complexity index is 1270. The van der Waals surface area contributed by atoms with Gasteiger partial charge in [0.1, 0.15) is 10.3 Å². The fourth-order valence-electron chi connectivity index (χ4n) is 4.69. The molecule has 4 heterocycles. The molecule has 0 spiro atoms. The second-order valence-electron chi connectivity index (χ2n) is 8.97. The van der Waals surface area contributed by atoms with Crippen LogP contribution in [0.2, 0.25) is 0 Å². The highest BCUT2D eigenvalue weighted by Crippen LogP contribution is 2.34. The van der Waals surface area contributed by atoms with Crippen LogP contribution in [-0.2, 0) is 19.6 Å². The molecular weight excluding hydrogens is 504 g/mol. The van der Waals surface area contributed by atoms with E-state index in [0.29, 0.717) is 31.1 Å². The summed E-state index contributed by atoms with van der Waals surface area (Å²) in [6.45, 7) is 7.01. The maximum absolute atomic E-state index is 14.0. The van der Waals surface area contributed by atoms with Gasteiger partial charge in [-0.05, 0) is 55.3 Å². The molecule has 0 saturated carbocycles. The van der Waals surface area contributed by atoms with Crippen LogP contribution >= 0.6 is 22.7 Å². The van der Waals surface area contributed by atoms with Gasteiger partial charge in [0.05, 0.1) is 23.4 Å². The summed E-state index contributed by atoms with van der Waals surface area (Å²) in [6, 6.07) is 8.70. The molecule has 2 aliphatic rings. The van der Waals surface area contributed by atoms with Gasteiger partial charge in [0, 0.05) is 32.7 Å². The third-order valence-corrected chi connectivity index (χ3v) is 10.9. The molecule has 1 atom stereocenters. The number of thiophene rings is 1. The van der Waals surface area contributed by atoms with Crippen LogP contribution in [0.3, 0.4) is 0 Å². The quantitative estimate of drug-likeness (QED) is 0.439. The number of nitrogens with zero attached hydrogens (tertiary/aromatic N) is 4. The summed E-state index contributed by atoms with van der Waals surface area (Å²) >= 11 is 2.68. The number of anilines is 1. The molecule has 2 saturated heterocycles. The molecule has 1 aromatic carbocycles. The lowest BCUT2D eigenvalue weighted by atomic mass is 10.2. The molecule has 8 nitrogen and oxygen atoms in total. The number of benzene rings is 1. The summed E-state index contributed by atoms with van der Waals surface area (Å²) in [5.41, 5.74) is 2.00. The second kappa shape index (κ2) is 10.6. The summed E-state index contributed by atoms with van der Waals surface area (Å²) in [7, 11) is -3.71. The fourth-order valence-corrected chi connectivity index (χ4v) is 8.56. The van der Waals surface area contributed by atoms with Gasteiger partial charge < -0.3 is 4.74 Å². The van der Waals surface area contributed by atoms with Crippen LogP contribution in [0.1, 0.15) is 24.8 Å². The number of morpholine rings is 1. The van der Waals surface area contributed by atoms with E-state index in [0.717, 1.165) is 55.0 Å². The summed E-state index contributed by atoms with van der Waals surface area (Å²) in [4.78, 5) is 22.8. The molecule has 5 rings (SSSR count). The smallest absolute Gasteiger partial charge is 0.253 e. The largest absolute Gasteiger partial charge is 0.379 e. The van der Waals surface area contributed by atoms with E-state index in [4.69, 9.17) is 9.72 Å². The molecule has 1 amide bonds. The normalized spacial score (nSPS) is 20.0. The Morgan fingerprint density at radius 2 is 2.06 bits per heavy atom. The Morgan fingerprint density at radius 3 is 2.83 bits per heavy atom. The predicted octanol–water partition coefficient (Wildman–Crippen LogP) is 3.57. The summed E-state index contributed by atoms with van der Waals surface area (Å²) < 4.78 is 34.8. The predicted molar refractivity (Wildman–Crippen MR) is 140 cm³/mol. The Hall–Kier alpha value is -1.89.